The Balaban J connectivity index is 1.47. The number of aliphatic imine (C=N–C) groups is 1. The quantitative estimate of drug-likeness (QED) is 0.480. The van der Waals surface area contributed by atoms with Crippen LogP contribution in [0.3, 0.4) is 0 Å². The van der Waals surface area contributed by atoms with Gasteiger partial charge in [0.2, 0.25) is 0 Å². The zero-order valence-corrected chi connectivity index (χ0v) is 14.6. The van der Waals surface area contributed by atoms with Gasteiger partial charge in [0.05, 0.1) is 12.5 Å². The zero-order chi connectivity index (χ0) is 16.3. The molecule has 1 heterocycles. The van der Waals surface area contributed by atoms with Crippen LogP contribution in [0.15, 0.2) is 4.99 Å². The lowest BCUT2D eigenvalue weighted by atomic mass is 9.65. The van der Waals surface area contributed by atoms with Crippen molar-refractivity contribution in [1.82, 2.24) is 10.2 Å². The van der Waals surface area contributed by atoms with Gasteiger partial charge >= 0.3 is 5.97 Å². The monoisotopic (exact) mass is 321 g/mol. The number of piperidine rings is 1. The number of likely N-dealkylation sites (tertiary alicyclic amines) is 1. The highest BCUT2D eigenvalue weighted by molar-refractivity contribution is 5.80. The summed E-state index contributed by atoms with van der Waals surface area (Å²) in [7, 11) is 1.87. The third kappa shape index (κ3) is 3.64. The second-order valence-electron chi connectivity index (χ2n) is 7.40. The number of carbonyl (C=O) groups excluding carboxylic acids is 1. The van der Waals surface area contributed by atoms with Gasteiger partial charge in [0.25, 0.3) is 0 Å². The Hall–Kier alpha value is -1.26. The van der Waals surface area contributed by atoms with E-state index in [1.165, 1.54) is 32.1 Å². The number of esters is 1. The Morgan fingerprint density at radius 3 is 2.43 bits per heavy atom. The molecule has 23 heavy (non-hydrogen) atoms. The Labute approximate surface area is 139 Å². The number of nitrogens with one attached hydrogen (secondary N) is 1. The summed E-state index contributed by atoms with van der Waals surface area (Å²) in [5.74, 6) is 2.00. The summed E-state index contributed by atoms with van der Waals surface area (Å²) in [6.07, 6.45) is 8.73. The largest absolute Gasteiger partial charge is 0.466 e. The SMILES string of the molecule is CCOC(=O)C1CCN(C(=NC)NCC2(C3CC3)CCC2)CC1. The van der Waals surface area contributed by atoms with Crippen LogP contribution in [0.2, 0.25) is 0 Å². The molecule has 0 amide bonds. The molecular weight excluding hydrogens is 290 g/mol. The molecule has 0 aromatic carbocycles. The summed E-state index contributed by atoms with van der Waals surface area (Å²) in [4.78, 5) is 18.6. The molecule has 3 fully saturated rings. The molecule has 0 spiro atoms. The summed E-state index contributed by atoms with van der Waals surface area (Å²) < 4.78 is 5.15. The topological polar surface area (TPSA) is 53.9 Å². The summed E-state index contributed by atoms with van der Waals surface area (Å²) in [5.41, 5.74) is 0.555. The number of guanidine groups is 1. The molecule has 0 unspecified atom stereocenters. The maximum atomic E-state index is 11.8. The van der Waals surface area contributed by atoms with Crippen LogP contribution in [0.5, 0.6) is 0 Å². The van der Waals surface area contributed by atoms with E-state index in [0.29, 0.717) is 12.0 Å². The van der Waals surface area contributed by atoms with Crippen molar-refractivity contribution in [3.05, 3.63) is 0 Å². The Bertz CT molecular complexity index is 447. The molecule has 5 nitrogen and oxygen atoms in total. The lowest BCUT2D eigenvalue weighted by molar-refractivity contribution is -0.149. The molecule has 5 heteroatoms. The van der Waals surface area contributed by atoms with Crippen molar-refractivity contribution < 1.29 is 9.53 Å². The summed E-state index contributed by atoms with van der Waals surface area (Å²) in [6.45, 7) is 5.20. The normalized spacial score (nSPS) is 25.0. The van der Waals surface area contributed by atoms with Crippen molar-refractivity contribution in [3.63, 3.8) is 0 Å². The Kier molecular flexibility index (Phi) is 5.12. The van der Waals surface area contributed by atoms with Crippen LogP contribution in [0, 0.1) is 17.3 Å². The van der Waals surface area contributed by atoms with Crippen LogP contribution in [-0.2, 0) is 9.53 Å². The molecule has 2 saturated carbocycles. The van der Waals surface area contributed by atoms with Gasteiger partial charge in [-0.15, -0.1) is 0 Å². The molecule has 3 aliphatic rings. The molecule has 2 aliphatic carbocycles. The Morgan fingerprint density at radius 2 is 1.96 bits per heavy atom. The molecule has 1 aliphatic heterocycles. The van der Waals surface area contributed by atoms with E-state index < -0.39 is 0 Å². The van der Waals surface area contributed by atoms with Crippen LogP contribution in [0.4, 0.5) is 0 Å². The van der Waals surface area contributed by atoms with Gasteiger partial charge < -0.3 is 15.0 Å². The first-order valence-electron chi connectivity index (χ1n) is 9.31. The minimum atomic E-state index is -0.0303. The molecule has 0 radical (unpaired) electrons. The molecule has 130 valence electrons. The van der Waals surface area contributed by atoms with E-state index in [1.807, 2.05) is 14.0 Å². The van der Waals surface area contributed by atoms with Crippen LogP contribution in [0.1, 0.15) is 51.9 Å². The molecular formula is C18H31N3O2. The predicted octanol–water partition coefficient (Wildman–Crippen LogP) is 2.42. The number of nitrogens with zero attached hydrogens (tertiary/aromatic N) is 2. The van der Waals surface area contributed by atoms with Crippen LogP contribution < -0.4 is 5.32 Å². The first kappa shape index (κ1) is 16.6. The van der Waals surface area contributed by atoms with Gasteiger partial charge in [-0.05, 0) is 56.8 Å². The summed E-state index contributed by atoms with van der Waals surface area (Å²) in [6, 6.07) is 0. The van der Waals surface area contributed by atoms with Gasteiger partial charge in [-0.3, -0.25) is 9.79 Å². The second kappa shape index (κ2) is 7.10. The average molecular weight is 321 g/mol. The molecule has 0 atom stereocenters. The third-order valence-corrected chi connectivity index (χ3v) is 6.02. The first-order chi connectivity index (χ1) is 11.2. The summed E-state index contributed by atoms with van der Waals surface area (Å²) >= 11 is 0. The molecule has 0 bridgehead atoms. The molecule has 0 aromatic rings. The molecule has 1 saturated heterocycles. The maximum absolute atomic E-state index is 11.8. The van der Waals surface area contributed by atoms with E-state index in [0.717, 1.165) is 44.4 Å². The van der Waals surface area contributed by atoms with Crippen LogP contribution in [-0.4, -0.2) is 50.1 Å². The Morgan fingerprint density at radius 1 is 1.26 bits per heavy atom. The van der Waals surface area contributed by atoms with Gasteiger partial charge in [-0.1, -0.05) is 6.42 Å². The zero-order valence-electron chi connectivity index (χ0n) is 14.6. The smallest absolute Gasteiger partial charge is 0.309 e. The van der Waals surface area contributed by atoms with Crippen molar-refractivity contribution in [2.45, 2.75) is 51.9 Å². The lowest BCUT2D eigenvalue weighted by Gasteiger charge is -2.44. The molecule has 0 aromatic heterocycles. The van der Waals surface area contributed by atoms with Crippen molar-refractivity contribution in [2.75, 3.05) is 33.3 Å². The van der Waals surface area contributed by atoms with Crippen molar-refractivity contribution in [1.29, 1.82) is 0 Å². The fourth-order valence-electron chi connectivity index (χ4n) is 4.23. The molecule has 3 rings (SSSR count). The van der Waals surface area contributed by atoms with Crippen molar-refractivity contribution in [2.24, 2.45) is 22.2 Å². The second-order valence-corrected chi connectivity index (χ2v) is 7.40. The van der Waals surface area contributed by atoms with Gasteiger partial charge in [-0.2, -0.15) is 0 Å². The fraction of sp³-hybridized carbons (Fsp3) is 0.889. The van der Waals surface area contributed by atoms with Gasteiger partial charge in [0.1, 0.15) is 0 Å². The standard InChI is InChI=1S/C18H31N3O2/c1-3-23-16(22)14-7-11-21(12-8-14)17(19-2)20-13-18(9-4-10-18)15-5-6-15/h14-15H,3-13H2,1-2H3,(H,19,20). The predicted molar refractivity (Wildman–Crippen MR) is 91.3 cm³/mol. The van der Waals surface area contributed by atoms with Gasteiger partial charge in [0, 0.05) is 26.7 Å². The van der Waals surface area contributed by atoms with E-state index in [1.54, 1.807) is 0 Å². The molecule has 1 N–H and O–H groups in total. The van der Waals surface area contributed by atoms with E-state index in [2.05, 4.69) is 15.2 Å². The van der Waals surface area contributed by atoms with Crippen LogP contribution >= 0.6 is 0 Å². The first-order valence-corrected chi connectivity index (χ1v) is 9.31. The van der Waals surface area contributed by atoms with E-state index in [-0.39, 0.29) is 11.9 Å². The van der Waals surface area contributed by atoms with Crippen molar-refractivity contribution >= 4 is 11.9 Å². The maximum Gasteiger partial charge on any atom is 0.309 e. The lowest BCUT2D eigenvalue weighted by Crippen LogP contribution is -2.51. The van der Waals surface area contributed by atoms with E-state index in [9.17, 15) is 4.79 Å². The highest BCUT2D eigenvalue weighted by Gasteiger charge is 2.48. The van der Waals surface area contributed by atoms with E-state index >= 15 is 0 Å². The minimum Gasteiger partial charge on any atom is -0.466 e. The summed E-state index contributed by atoms with van der Waals surface area (Å²) in [5, 5.41) is 3.63. The van der Waals surface area contributed by atoms with Gasteiger partial charge in [0.15, 0.2) is 5.96 Å². The van der Waals surface area contributed by atoms with Crippen LogP contribution in [0.25, 0.3) is 0 Å². The highest BCUT2D eigenvalue weighted by Crippen LogP contribution is 2.56. The average Bonchev–Trinajstić information content (AvgIpc) is 3.36. The van der Waals surface area contributed by atoms with Gasteiger partial charge in [-0.25, -0.2) is 0 Å². The number of rotatable bonds is 5. The fourth-order valence-corrected chi connectivity index (χ4v) is 4.23. The number of hydrogen-bond donors (Lipinski definition) is 1. The van der Waals surface area contributed by atoms with E-state index in [4.69, 9.17) is 4.74 Å². The number of carbonyl (C=O) groups is 1. The number of ether oxygens (including phenoxy) is 1. The minimum absolute atomic E-state index is 0.0303. The number of hydrogen-bond acceptors (Lipinski definition) is 3. The van der Waals surface area contributed by atoms with Crippen molar-refractivity contribution in [3.8, 4) is 0 Å². The highest BCUT2D eigenvalue weighted by atomic mass is 16.5. The third-order valence-electron chi connectivity index (χ3n) is 6.02.